The Morgan fingerprint density at radius 2 is 0.750 bits per heavy atom. The normalized spacial score (nSPS) is 16.9. The van der Waals surface area contributed by atoms with E-state index in [1.807, 2.05) is 0 Å². The summed E-state index contributed by atoms with van der Waals surface area (Å²) < 4.78 is 265. The number of ether oxygens (including phenoxy) is 4. The van der Waals surface area contributed by atoms with Crippen molar-refractivity contribution in [3.8, 4) is 17.2 Å². The number of aliphatic hydroxyl groups is 1. The summed E-state index contributed by atoms with van der Waals surface area (Å²) in [6.07, 6.45) is -25.5. The van der Waals surface area contributed by atoms with Crippen molar-refractivity contribution in [3.05, 3.63) is 358 Å². The zero-order valence-corrected chi connectivity index (χ0v) is 67.7. The number of hydrogen-bond acceptors (Lipinski definition) is 11. The average Bonchev–Trinajstić information content (AvgIpc) is 0.778. The maximum absolute atomic E-state index is 15.0. The van der Waals surface area contributed by atoms with Crippen molar-refractivity contribution in [1.82, 2.24) is 31.6 Å². The smallest absolute Gasteiger partial charge is 0.461 e. The number of amides is 5. The average molecular weight is 1800 g/mol. The van der Waals surface area contributed by atoms with Gasteiger partial charge >= 0.3 is 49.7 Å². The Morgan fingerprint density at radius 1 is 0.438 bits per heavy atom. The van der Waals surface area contributed by atoms with E-state index in [0.29, 0.717) is 86.9 Å². The molecule has 10 aromatic rings. The van der Waals surface area contributed by atoms with E-state index in [2.05, 4.69) is 58.9 Å². The first-order valence-electron chi connectivity index (χ1n) is 39.4. The quantitative estimate of drug-likeness (QED) is 0.0134. The van der Waals surface area contributed by atoms with Crippen molar-refractivity contribution in [2.45, 2.75) is 119 Å². The molecule has 128 heavy (non-hydrogen) atoms. The van der Waals surface area contributed by atoms with Crippen LogP contribution in [-0.4, -0.2) is 118 Å². The van der Waals surface area contributed by atoms with Crippen LogP contribution in [0.5, 0.6) is 17.2 Å². The fraction of sp³-hybridized carbons (Fsp3) is 0.287. The summed E-state index contributed by atoms with van der Waals surface area (Å²) in [6.45, 7) is 10.0. The number of halogens is 18. The number of rotatable bonds is 32. The molecule has 0 unspecified atom stereocenters. The summed E-state index contributed by atoms with van der Waals surface area (Å²) in [4.78, 5) is 48.0. The van der Waals surface area contributed by atoms with Crippen LogP contribution in [-0.2, 0) is 45.5 Å². The van der Waals surface area contributed by atoms with Crippen LogP contribution in [0.4, 0.5) is 94.3 Å². The predicted octanol–water partition coefficient (Wildman–Crippen LogP) is 21.2. The van der Waals surface area contributed by atoms with Crippen molar-refractivity contribution < 1.29 is 122 Å². The molecule has 5 amide bonds. The lowest BCUT2D eigenvalue weighted by Crippen LogP contribution is -2.56. The molecule has 3 fully saturated rings. The van der Waals surface area contributed by atoms with Crippen molar-refractivity contribution in [1.29, 1.82) is 0 Å². The lowest BCUT2D eigenvalue weighted by atomic mass is 9.77. The van der Waals surface area contributed by atoms with Crippen LogP contribution in [0, 0.1) is 46.7 Å². The Bertz CT molecular complexity index is 5380. The number of aliphatic hydroxyl groups excluding tert-OH is 1. The van der Waals surface area contributed by atoms with E-state index >= 15 is 4.39 Å². The molecule has 13 rings (SSSR count). The van der Waals surface area contributed by atoms with Crippen LogP contribution in [0.2, 0.25) is 0 Å². The summed E-state index contributed by atoms with van der Waals surface area (Å²) >= 11 is 0. The lowest BCUT2D eigenvalue weighted by molar-refractivity contribution is -0.253. The first kappa shape index (κ1) is 97.3. The number of hydrogen-bond donors (Lipinski definition) is 6. The molecule has 0 bridgehead atoms. The molecule has 10 aromatic carbocycles. The molecule has 0 aromatic heterocycles. The van der Waals surface area contributed by atoms with Gasteiger partial charge in [-0.25, -0.2) is 35.9 Å². The van der Waals surface area contributed by atoms with Gasteiger partial charge in [-0.15, -0.1) is 0 Å². The number of nitrogens with zero attached hydrogens (tertiary/aromatic N) is 2. The number of morpholine rings is 1. The van der Waals surface area contributed by atoms with Gasteiger partial charge in [0.25, 0.3) is 5.91 Å². The Hall–Kier alpha value is -12.9. The molecule has 2 aliphatic carbocycles. The van der Waals surface area contributed by atoms with Gasteiger partial charge in [0, 0.05) is 98.5 Å². The van der Waals surface area contributed by atoms with E-state index in [-0.39, 0.29) is 95.3 Å². The number of nitrogens with one attached hydrogen (secondary N) is 5. The van der Waals surface area contributed by atoms with E-state index in [0.717, 1.165) is 84.2 Å². The second-order valence-electron chi connectivity index (χ2n) is 30.3. The van der Waals surface area contributed by atoms with Gasteiger partial charge < -0.3 is 55.5 Å². The standard InChI is InChI=1S/C33H28F6N2O3.C31H31F6N3O3.C29H26F6N2O3.CH4/c34-26-10-8-24(9-11-26)32(21-22-4-2-1-3-5-22,25-18-27(35)20-29(19-25)44-33(38,39)31(36)37)40-30(42)23-6-12-28(13-7-23)41-14-16-43-17-15-41;1-19(40(2)42-3)21-13-26(14-21)38-29(41)39-30(18-20-7-5-4-6-8-20,22-9-11-24(32)12-10-22)23-15-25(33)17-27(16-23)43-31(36,37)28(34)35;1-17(38)19-11-24(12-19)36-27(39)37-28(16-18-5-3-2-4-6-18,20-7-9-22(30)10-8-20)21-13-23(31)15-25(14-21)40-29(34,35)26(32)33;/h1-13,18-20,31H,14-17,21H2,(H,40,42);4-12,15-17,21,26,28H,1,13-14,18H2,2-3H3,(H2,38,39,41);2-10,13-15,19,24,26,38H,1,11-12,16H2,(H2,36,37,39);1H4/t32-;21?,26?,30-;19?,24?,28-;/m111./s1. The molecule has 34 heteroatoms. The van der Waals surface area contributed by atoms with Gasteiger partial charge in [0.1, 0.15) is 52.2 Å². The highest BCUT2D eigenvalue weighted by molar-refractivity contribution is 5.95. The minimum absolute atomic E-state index is 0. The number of allylic oxidation sites excluding steroid dienone is 2. The molecule has 1 aliphatic heterocycles. The summed E-state index contributed by atoms with van der Waals surface area (Å²) in [5, 5.41) is 25.3. The summed E-state index contributed by atoms with van der Waals surface area (Å²) in [7, 11) is 3.22. The molecule has 16 nitrogen and oxygen atoms in total. The second-order valence-corrected chi connectivity index (χ2v) is 30.3. The molecule has 0 spiro atoms. The van der Waals surface area contributed by atoms with Crippen LogP contribution in [0.25, 0.3) is 0 Å². The Kier molecular flexibility index (Phi) is 32.1. The van der Waals surface area contributed by atoms with E-state index < -0.39 is 124 Å². The fourth-order valence-corrected chi connectivity index (χ4v) is 14.9. The monoisotopic (exact) mass is 1800 g/mol. The first-order chi connectivity index (χ1) is 60.3. The molecule has 6 N–H and O–H groups in total. The molecule has 680 valence electrons. The second kappa shape index (κ2) is 42.2. The highest BCUT2D eigenvalue weighted by Crippen LogP contribution is 2.44. The van der Waals surface area contributed by atoms with Crippen LogP contribution < -0.4 is 45.7 Å². The maximum Gasteiger partial charge on any atom is 0.461 e. The van der Waals surface area contributed by atoms with Crippen LogP contribution in [0.3, 0.4) is 0 Å². The highest BCUT2D eigenvalue weighted by atomic mass is 19.3. The van der Waals surface area contributed by atoms with Gasteiger partial charge in [0.05, 0.1) is 42.7 Å². The largest absolute Gasteiger partial charge is 0.513 e. The highest BCUT2D eigenvalue weighted by Gasteiger charge is 2.49. The van der Waals surface area contributed by atoms with Crippen molar-refractivity contribution in [2.24, 2.45) is 11.8 Å². The third kappa shape index (κ3) is 24.7. The molecule has 1 saturated heterocycles. The topological polar surface area (TPSA) is 184 Å². The summed E-state index contributed by atoms with van der Waals surface area (Å²) in [6, 6.07) is 53.0. The third-order valence-electron chi connectivity index (χ3n) is 21.6. The Morgan fingerprint density at radius 3 is 1.05 bits per heavy atom. The van der Waals surface area contributed by atoms with Gasteiger partial charge in [0.2, 0.25) is 0 Å². The molecular weight excluding hydrogens is 1710 g/mol. The van der Waals surface area contributed by atoms with Crippen LogP contribution >= 0.6 is 0 Å². The van der Waals surface area contributed by atoms with Gasteiger partial charge in [-0.2, -0.15) is 52.7 Å². The van der Waals surface area contributed by atoms with E-state index in [1.54, 1.807) is 122 Å². The number of anilines is 1. The Labute approximate surface area is 725 Å². The zero-order valence-electron chi connectivity index (χ0n) is 67.7. The molecule has 1 heterocycles. The summed E-state index contributed by atoms with van der Waals surface area (Å²) in [5.41, 5.74) is -0.852. The van der Waals surface area contributed by atoms with Crippen LogP contribution in [0.1, 0.15) is 93.5 Å². The molecule has 3 atom stereocenters. The number of alkyl halides is 12. The zero-order chi connectivity index (χ0) is 91.8. The van der Waals surface area contributed by atoms with Gasteiger partial charge in [-0.3, -0.25) is 14.7 Å². The first-order valence-corrected chi connectivity index (χ1v) is 39.4. The van der Waals surface area contributed by atoms with E-state index in [1.165, 1.54) is 48.6 Å². The van der Waals surface area contributed by atoms with Crippen molar-refractivity contribution >= 4 is 23.7 Å². The predicted molar refractivity (Wildman–Crippen MR) is 442 cm³/mol. The minimum Gasteiger partial charge on any atom is -0.513 e. The molecular formula is C94H89F18N7O9. The van der Waals surface area contributed by atoms with Gasteiger partial charge in [-0.1, -0.05) is 148 Å². The molecule has 2 saturated carbocycles. The summed E-state index contributed by atoms with van der Waals surface area (Å²) in [5.74, 6) is -8.45. The molecule has 0 radical (unpaired) electrons. The number of carbonyl (C=O) groups excluding carboxylic acids is 3. The van der Waals surface area contributed by atoms with E-state index in [9.17, 15) is 94.1 Å². The van der Waals surface area contributed by atoms with Gasteiger partial charge in [0.15, 0.2) is 0 Å². The van der Waals surface area contributed by atoms with Crippen molar-refractivity contribution in [2.75, 3.05) is 45.4 Å². The number of benzene rings is 10. The lowest BCUT2D eigenvalue weighted by Gasteiger charge is -2.41. The number of carbonyl (C=O) groups is 3. The number of urea groups is 2. The van der Waals surface area contributed by atoms with Gasteiger partial charge in [-0.05, 0) is 173 Å². The third-order valence-corrected chi connectivity index (χ3v) is 21.6. The van der Waals surface area contributed by atoms with Crippen molar-refractivity contribution in [3.63, 3.8) is 0 Å². The van der Waals surface area contributed by atoms with E-state index in [4.69, 9.17) is 9.57 Å². The number of hydroxylamine groups is 2. The maximum atomic E-state index is 15.0. The Balaban J connectivity index is 0.000000199. The SMILES string of the molecule is C.C=C(C1CC(NC(=O)N[C@](Cc2ccccc2)(c2ccc(F)cc2)c2cc(F)cc(OC(F)(F)C(F)F)c2)C1)N(C)OC.C=C(O)C1CC(NC(=O)N[C@](Cc2ccccc2)(c2ccc(F)cc2)c2cc(F)cc(OC(F)(F)C(F)F)c2)C1.O=C(N[C@](Cc1ccccc1)(c1ccc(F)cc1)c1cc(F)cc(OC(F)(F)C(F)F)c1)c1ccc(N2CCOCC2)cc1. The molecule has 3 aliphatic rings. The fourth-order valence-electron chi connectivity index (χ4n) is 14.9. The van der Waals surface area contributed by atoms with Crippen LogP contribution in [0.15, 0.2) is 267 Å². The minimum atomic E-state index is -4.91.